The molecule has 1 rings (SSSR count). The molecule has 0 spiro atoms. The fourth-order valence-electron chi connectivity index (χ4n) is 1.88. The number of rotatable bonds is 4. The Hall–Kier alpha value is -1.63. The number of nitrogens with one attached hydrogen (secondary N) is 1. The van der Waals surface area contributed by atoms with Crippen LogP contribution >= 0.6 is 0 Å². The molecule has 0 aromatic heterocycles. The third-order valence-electron chi connectivity index (χ3n) is 2.67. The van der Waals surface area contributed by atoms with E-state index in [0.717, 1.165) is 0 Å². The van der Waals surface area contributed by atoms with Gasteiger partial charge < -0.3 is 18.9 Å². The molecule has 0 saturated carbocycles. The predicted octanol–water partition coefficient (Wildman–Crippen LogP) is 0.856. The Balaban J connectivity index is 2.71. The molecule has 7 heteroatoms. The highest BCUT2D eigenvalue weighted by molar-refractivity contribution is 5.69. The van der Waals surface area contributed by atoms with Gasteiger partial charge in [0, 0.05) is 20.8 Å². The highest BCUT2D eigenvalue weighted by atomic mass is 16.7. The molecule has 19 heavy (non-hydrogen) atoms. The summed E-state index contributed by atoms with van der Waals surface area (Å²) in [5, 5.41) is 7.30. The second kappa shape index (κ2) is 6.51. The van der Waals surface area contributed by atoms with Gasteiger partial charge in [-0.15, -0.1) is 0 Å². The van der Waals surface area contributed by atoms with Gasteiger partial charge in [-0.2, -0.15) is 0 Å². The normalized spacial score (nSPS) is 29.7. The number of carbonyl (C=O) groups excluding carboxylic acids is 2. The van der Waals surface area contributed by atoms with E-state index in [1.165, 1.54) is 20.8 Å². The maximum atomic E-state index is 11.1. The molecule has 0 aromatic rings. The molecule has 1 heterocycles. The van der Waals surface area contributed by atoms with E-state index in [2.05, 4.69) is 0 Å². The van der Waals surface area contributed by atoms with Crippen molar-refractivity contribution in [2.75, 3.05) is 6.61 Å². The van der Waals surface area contributed by atoms with Crippen LogP contribution in [0.3, 0.4) is 0 Å². The van der Waals surface area contributed by atoms with Crippen molar-refractivity contribution in [1.29, 1.82) is 5.41 Å². The molecular weight excluding hydrogens is 254 g/mol. The van der Waals surface area contributed by atoms with E-state index in [4.69, 9.17) is 24.4 Å². The Bertz CT molecular complexity index is 369. The number of esters is 2. The van der Waals surface area contributed by atoms with Crippen molar-refractivity contribution in [1.82, 2.24) is 0 Å². The van der Waals surface area contributed by atoms with Crippen molar-refractivity contribution in [2.45, 2.75) is 46.2 Å². The molecule has 0 aromatic carbocycles. The summed E-state index contributed by atoms with van der Waals surface area (Å²) in [6.07, 6.45) is -1.85. The van der Waals surface area contributed by atoms with Crippen molar-refractivity contribution in [3.05, 3.63) is 0 Å². The zero-order valence-electron chi connectivity index (χ0n) is 11.5. The van der Waals surface area contributed by atoms with Gasteiger partial charge >= 0.3 is 11.9 Å². The summed E-state index contributed by atoms with van der Waals surface area (Å²) in [7, 11) is 0. The summed E-state index contributed by atoms with van der Waals surface area (Å²) in [6, 6.07) is 0. The number of carbonyl (C=O) groups is 2. The van der Waals surface area contributed by atoms with Gasteiger partial charge in [0.1, 0.15) is 18.8 Å². The molecule has 0 bridgehead atoms. The van der Waals surface area contributed by atoms with E-state index in [1.807, 2.05) is 0 Å². The molecule has 1 aliphatic heterocycles. The first-order valence-electron chi connectivity index (χ1n) is 5.99. The van der Waals surface area contributed by atoms with Crippen LogP contribution in [0.1, 0.15) is 27.7 Å². The van der Waals surface area contributed by atoms with Crippen LogP contribution in [0.5, 0.6) is 0 Å². The van der Waals surface area contributed by atoms with Gasteiger partial charge in [0.05, 0.1) is 5.92 Å². The monoisotopic (exact) mass is 273 g/mol. The molecule has 1 saturated heterocycles. The Morgan fingerprint density at radius 1 is 1.16 bits per heavy atom. The van der Waals surface area contributed by atoms with E-state index >= 15 is 0 Å². The maximum absolute atomic E-state index is 11.1. The lowest BCUT2D eigenvalue weighted by molar-refractivity contribution is -0.158. The molecule has 0 aliphatic carbocycles. The van der Waals surface area contributed by atoms with Gasteiger partial charge in [0.15, 0.2) is 5.90 Å². The van der Waals surface area contributed by atoms with Crippen LogP contribution in [0, 0.1) is 11.3 Å². The lowest BCUT2D eigenvalue weighted by Crippen LogP contribution is -2.34. The highest BCUT2D eigenvalue weighted by Gasteiger charge is 2.46. The zero-order chi connectivity index (χ0) is 14.6. The minimum absolute atomic E-state index is 0.00608. The Kier molecular flexibility index (Phi) is 5.29. The lowest BCUT2D eigenvalue weighted by Gasteiger charge is -2.20. The first kappa shape index (κ1) is 15.4. The van der Waals surface area contributed by atoms with Crippen molar-refractivity contribution >= 4 is 17.8 Å². The van der Waals surface area contributed by atoms with Gasteiger partial charge in [-0.3, -0.25) is 15.0 Å². The third kappa shape index (κ3) is 4.51. The van der Waals surface area contributed by atoms with Crippen molar-refractivity contribution in [3.8, 4) is 0 Å². The lowest BCUT2D eigenvalue weighted by atomic mass is 10.0. The molecule has 0 radical (unpaired) electrons. The molecule has 108 valence electrons. The zero-order valence-corrected chi connectivity index (χ0v) is 11.5. The molecule has 1 fully saturated rings. The van der Waals surface area contributed by atoms with Crippen LogP contribution in [-0.4, -0.2) is 42.9 Å². The summed E-state index contributed by atoms with van der Waals surface area (Å²) in [5.41, 5.74) is 0. The Morgan fingerprint density at radius 2 is 1.79 bits per heavy atom. The topological polar surface area (TPSA) is 94.9 Å². The van der Waals surface area contributed by atoms with Gasteiger partial charge in [0.25, 0.3) is 0 Å². The quantitative estimate of drug-likeness (QED) is 0.463. The van der Waals surface area contributed by atoms with Crippen molar-refractivity contribution in [3.63, 3.8) is 0 Å². The van der Waals surface area contributed by atoms with Gasteiger partial charge in [-0.1, -0.05) is 6.92 Å². The minimum atomic E-state index is -0.692. The van der Waals surface area contributed by atoms with E-state index in [-0.39, 0.29) is 18.4 Å². The highest BCUT2D eigenvalue weighted by Crippen LogP contribution is 2.30. The largest absolute Gasteiger partial charge is 0.463 e. The third-order valence-corrected chi connectivity index (χ3v) is 2.67. The summed E-state index contributed by atoms with van der Waals surface area (Å²) in [5.74, 6) is -1.14. The average Bonchev–Trinajstić information content (AvgIpc) is 2.53. The van der Waals surface area contributed by atoms with Gasteiger partial charge in [-0.05, 0) is 0 Å². The van der Waals surface area contributed by atoms with Crippen molar-refractivity contribution in [2.24, 2.45) is 5.92 Å². The second-order valence-electron chi connectivity index (χ2n) is 4.45. The number of hydrogen-bond donors (Lipinski definition) is 1. The molecule has 1 aliphatic rings. The van der Waals surface area contributed by atoms with Crippen LogP contribution in [0.25, 0.3) is 0 Å². The SMILES string of the molecule is CC(=N)O[C@@H]1O[C@@H](COC(C)=O)C(OC(C)=O)C1C. The van der Waals surface area contributed by atoms with Gasteiger partial charge in [0.2, 0.25) is 6.29 Å². The molecule has 7 nitrogen and oxygen atoms in total. The molecule has 2 unspecified atom stereocenters. The maximum Gasteiger partial charge on any atom is 0.303 e. The predicted molar refractivity (Wildman–Crippen MR) is 64.5 cm³/mol. The number of ether oxygens (including phenoxy) is 4. The fraction of sp³-hybridized carbons (Fsp3) is 0.750. The number of hydrogen-bond acceptors (Lipinski definition) is 7. The van der Waals surface area contributed by atoms with E-state index < -0.39 is 30.4 Å². The Labute approximate surface area is 111 Å². The molecule has 1 N–H and O–H groups in total. The molecule has 0 amide bonds. The van der Waals surface area contributed by atoms with Gasteiger partial charge in [-0.25, -0.2) is 0 Å². The van der Waals surface area contributed by atoms with Crippen LogP contribution in [0.15, 0.2) is 0 Å². The van der Waals surface area contributed by atoms with E-state index in [9.17, 15) is 9.59 Å². The van der Waals surface area contributed by atoms with E-state index in [1.54, 1.807) is 6.92 Å². The molecule has 4 atom stereocenters. The molecular formula is C12H19NO6. The Morgan fingerprint density at radius 3 is 2.26 bits per heavy atom. The van der Waals surface area contributed by atoms with Crippen LogP contribution in [0.4, 0.5) is 0 Å². The minimum Gasteiger partial charge on any atom is -0.463 e. The summed E-state index contributed by atoms with van der Waals surface area (Å²) in [6.45, 7) is 5.83. The average molecular weight is 273 g/mol. The van der Waals surface area contributed by atoms with E-state index in [0.29, 0.717) is 0 Å². The first-order valence-corrected chi connectivity index (χ1v) is 5.99. The first-order chi connectivity index (χ1) is 8.81. The summed E-state index contributed by atoms with van der Waals surface area (Å²) in [4.78, 5) is 21.9. The second-order valence-corrected chi connectivity index (χ2v) is 4.45. The van der Waals surface area contributed by atoms with Crippen LogP contribution in [0.2, 0.25) is 0 Å². The smallest absolute Gasteiger partial charge is 0.303 e. The van der Waals surface area contributed by atoms with Crippen LogP contribution in [-0.2, 0) is 28.5 Å². The standard InChI is InChI=1S/C12H19NO6/c1-6-11(18-9(4)15)10(5-16-8(3)14)19-12(6)17-7(2)13/h6,10-13H,5H2,1-4H3/t6?,10-,11?,12+/m0/s1. The van der Waals surface area contributed by atoms with Crippen molar-refractivity contribution < 1.29 is 28.5 Å². The van der Waals surface area contributed by atoms with Crippen LogP contribution < -0.4 is 0 Å². The summed E-state index contributed by atoms with van der Waals surface area (Å²) >= 11 is 0. The summed E-state index contributed by atoms with van der Waals surface area (Å²) < 4.78 is 20.8. The fourth-order valence-corrected chi connectivity index (χ4v) is 1.88.